The highest BCUT2D eigenvalue weighted by Gasteiger charge is 2.27. The number of hydrogen-bond donors (Lipinski definition) is 1. The van der Waals surface area contributed by atoms with Crippen LogP contribution in [0.25, 0.3) is 10.9 Å². The Bertz CT molecular complexity index is 984. The number of allylic oxidation sites excluding steroid dienone is 3. The van der Waals surface area contributed by atoms with Crippen molar-refractivity contribution in [2.45, 2.75) is 13.8 Å². The number of aryl methyl sites for hydroxylation is 2. The van der Waals surface area contributed by atoms with E-state index in [2.05, 4.69) is 25.3 Å². The maximum Gasteiger partial charge on any atom is 0.253 e. The molecule has 24 heavy (non-hydrogen) atoms. The van der Waals surface area contributed by atoms with Crippen LogP contribution < -0.4 is 5.32 Å². The number of fused-ring (bicyclic) bond motifs is 2. The van der Waals surface area contributed by atoms with E-state index in [9.17, 15) is 4.79 Å². The summed E-state index contributed by atoms with van der Waals surface area (Å²) < 4.78 is 0. The summed E-state index contributed by atoms with van der Waals surface area (Å²) in [6.45, 7) is 3.95. The van der Waals surface area contributed by atoms with Gasteiger partial charge in [0.2, 0.25) is 11.9 Å². The molecule has 6 nitrogen and oxygen atoms in total. The van der Waals surface area contributed by atoms with E-state index in [-0.39, 0.29) is 23.7 Å². The number of benzene rings is 1. The molecule has 0 spiro atoms. The topological polar surface area (TPSA) is 79.6 Å². The first-order valence-corrected chi connectivity index (χ1v) is 7.68. The minimum Gasteiger partial charge on any atom is -0.294 e. The average Bonchev–Trinajstić information content (AvgIpc) is 2.56. The zero-order valence-corrected chi connectivity index (χ0v) is 13.3. The second kappa shape index (κ2) is 5.49. The molecule has 2 aliphatic rings. The third-order valence-electron chi connectivity index (χ3n) is 3.99. The molecule has 2 heterocycles. The summed E-state index contributed by atoms with van der Waals surface area (Å²) in [6.07, 6.45) is 7.31. The number of hydrogen-bond acceptors (Lipinski definition) is 4. The van der Waals surface area contributed by atoms with Gasteiger partial charge >= 0.3 is 0 Å². The van der Waals surface area contributed by atoms with Gasteiger partial charge in [-0.25, -0.2) is 15.0 Å². The van der Waals surface area contributed by atoms with Crippen molar-refractivity contribution in [1.82, 2.24) is 15.3 Å². The van der Waals surface area contributed by atoms with Gasteiger partial charge in [-0.15, -0.1) is 0 Å². The molecule has 2 aromatic rings. The lowest BCUT2D eigenvalue weighted by Gasteiger charge is -2.20. The van der Waals surface area contributed by atoms with E-state index in [1.165, 1.54) is 0 Å². The Morgan fingerprint density at radius 2 is 2.04 bits per heavy atom. The van der Waals surface area contributed by atoms with E-state index >= 15 is 0 Å². The Hall–Kier alpha value is -3.15. The molecule has 1 N–H and O–H groups in total. The van der Waals surface area contributed by atoms with Crippen LogP contribution in [0, 0.1) is 19.8 Å². The molecule has 1 amide bonds. The molecule has 1 atom stereocenters. The van der Waals surface area contributed by atoms with Crippen LogP contribution in [0.3, 0.4) is 0 Å². The smallest absolute Gasteiger partial charge is 0.253 e. The standard InChI is InChI=1S/C18H15N5O/c1-10-7-8-15-13(9-10)11(2)19-17(21-15)23-18-20-14-6-4-3-5-12(14)16(24)22-18/h3-9,12H,1-2H3,(H,19,21,22,23,24). The van der Waals surface area contributed by atoms with Gasteiger partial charge in [0.05, 0.1) is 22.8 Å². The van der Waals surface area contributed by atoms with Crippen molar-refractivity contribution in [3.05, 3.63) is 53.8 Å². The van der Waals surface area contributed by atoms with Crippen LogP contribution in [-0.2, 0) is 4.79 Å². The number of amides is 1. The van der Waals surface area contributed by atoms with Gasteiger partial charge in [-0.05, 0) is 32.1 Å². The second-order valence-corrected chi connectivity index (χ2v) is 5.81. The fourth-order valence-corrected chi connectivity index (χ4v) is 2.78. The van der Waals surface area contributed by atoms with Crippen LogP contribution in [0.4, 0.5) is 5.95 Å². The fourth-order valence-electron chi connectivity index (χ4n) is 2.78. The number of guanidine groups is 1. The van der Waals surface area contributed by atoms with E-state index in [1.807, 2.05) is 56.4 Å². The largest absolute Gasteiger partial charge is 0.294 e. The van der Waals surface area contributed by atoms with Crippen molar-refractivity contribution in [3.63, 3.8) is 0 Å². The van der Waals surface area contributed by atoms with Crippen molar-refractivity contribution in [2.75, 3.05) is 0 Å². The van der Waals surface area contributed by atoms with Crippen molar-refractivity contribution in [3.8, 4) is 0 Å². The number of aromatic nitrogens is 2. The number of aliphatic imine (C=N–C) groups is 2. The minimum absolute atomic E-state index is 0.146. The lowest BCUT2D eigenvalue weighted by molar-refractivity contribution is -0.120. The molecule has 1 aromatic carbocycles. The van der Waals surface area contributed by atoms with Crippen LogP contribution in [0.2, 0.25) is 0 Å². The van der Waals surface area contributed by atoms with Gasteiger partial charge in [-0.1, -0.05) is 29.9 Å². The second-order valence-electron chi connectivity index (χ2n) is 5.81. The summed E-state index contributed by atoms with van der Waals surface area (Å²) in [4.78, 5) is 29.7. The lowest BCUT2D eigenvalue weighted by Crippen LogP contribution is -2.42. The number of rotatable bonds is 1. The zero-order chi connectivity index (χ0) is 16.7. The van der Waals surface area contributed by atoms with E-state index < -0.39 is 0 Å². The molecule has 1 aliphatic carbocycles. The van der Waals surface area contributed by atoms with Crippen molar-refractivity contribution >= 4 is 34.4 Å². The molecule has 0 saturated heterocycles. The van der Waals surface area contributed by atoms with Gasteiger partial charge in [0, 0.05) is 5.39 Å². The van der Waals surface area contributed by atoms with Gasteiger partial charge in [-0.2, -0.15) is 4.99 Å². The summed E-state index contributed by atoms with van der Waals surface area (Å²) in [5, 5.41) is 3.70. The SMILES string of the molecule is Cc1ccc2nc(/N=C3/N=C4C=CC=CC4C(=O)N3)nc(C)c2c1. The van der Waals surface area contributed by atoms with E-state index in [0.29, 0.717) is 5.71 Å². The molecule has 1 aromatic heterocycles. The molecule has 118 valence electrons. The number of carbonyl (C=O) groups excluding carboxylic acids is 1. The third-order valence-corrected chi connectivity index (χ3v) is 3.99. The summed E-state index contributed by atoms with van der Waals surface area (Å²) >= 11 is 0. The van der Waals surface area contributed by atoms with Gasteiger partial charge in [0.25, 0.3) is 5.95 Å². The molecule has 1 unspecified atom stereocenters. The predicted molar refractivity (Wildman–Crippen MR) is 93.5 cm³/mol. The highest BCUT2D eigenvalue weighted by Crippen LogP contribution is 2.20. The number of nitrogens with one attached hydrogen (secondary N) is 1. The summed E-state index contributed by atoms with van der Waals surface area (Å²) in [6, 6.07) is 5.99. The maximum absolute atomic E-state index is 12.1. The van der Waals surface area contributed by atoms with E-state index in [4.69, 9.17) is 0 Å². The zero-order valence-electron chi connectivity index (χ0n) is 13.3. The molecule has 0 fully saturated rings. The quantitative estimate of drug-likeness (QED) is 0.877. The number of carbonyl (C=O) groups is 1. The van der Waals surface area contributed by atoms with Gasteiger partial charge in [0.1, 0.15) is 0 Å². The Balaban J connectivity index is 1.77. The molecule has 4 rings (SSSR count). The molecular weight excluding hydrogens is 302 g/mol. The Morgan fingerprint density at radius 1 is 1.17 bits per heavy atom. The van der Waals surface area contributed by atoms with Crippen LogP contribution in [0.1, 0.15) is 11.3 Å². The normalized spacial score (nSPS) is 20.9. The highest BCUT2D eigenvalue weighted by atomic mass is 16.2. The van der Waals surface area contributed by atoms with Crippen LogP contribution in [-0.4, -0.2) is 27.5 Å². The summed E-state index contributed by atoms with van der Waals surface area (Å²) in [5.74, 6) is 0.0121. The lowest BCUT2D eigenvalue weighted by atomic mass is 9.96. The van der Waals surface area contributed by atoms with Crippen molar-refractivity contribution in [1.29, 1.82) is 0 Å². The summed E-state index contributed by atoms with van der Waals surface area (Å²) in [5.41, 5.74) is 3.49. The summed E-state index contributed by atoms with van der Waals surface area (Å²) in [7, 11) is 0. The van der Waals surface area contributed by atoms with E-state index in [1.54, 1.807) is 0 Å². The van der Waals surface area contributed by atoms with Gasteiger partial charge < -0.3 is 0 Å². The highest BCUT2D eigenvalue weighted by molar-refractivity contribution is 6.22. The minimum atomic E-state index is -0.351. The van der Waals surface area contributed by atoms with Crippen molar-refractivity contribution < 1.29 is 4.79 Å². The monoisotopic (exact) mass is 317 g/mol. The van der Waals surface area contributed by atoms with Gasteiger partial charge in [0.15, 0.2) is 0 Å². The molecule has 0 radical (unpaired) electrons. The van der Waals surface area contributed by atoms with Gasteiger partial charge in [-0.3, -0.25) is 10.1 Å². The molecule has 1 aliphatic heterocycles. The fraction of sp³-hybridized carbons (Fsp3) is 0.167. The molecule has 0 saturated carbocycles. The van der Waals surface area contributed by atoms with Crippen LogP contribution in [0.15, 0.2) is 52.5 Å². The van der Waals surface area contributed by atoms with Crippen LogP contribution >= 0.6 is 0 Å². The maximum atomic E-state index is 12.1. The third kappa shape index (κ3) is 2.52. The molecule has 6 heteroatoms. The van der Waals surface area contributed by atoms with E-state index in [0.717, 1.165) is 22.2 Å². The molecular formula is C18H15N5O. The van der Waals surface area contributed by atoms with Crippen molar-refractivity contribution in [2.24, 2.45) is 15.9 Å². The van der Waals surface area contributed by atoms with Crippen LogP contribution in [0.5, 0.6) is 0 Å². The molecule has 0 bridgehead atoms. The Kier molecular flexibility index (Phi) is 3.30. The first-order chi connectivity index (χ1) is 11.6. The first-order valence-electron chi connectivity index (χ1n) is 7.68. The first kappa shape index (κ1) is 14.4. The Morgan fingerprint density at radius 3 is 2.92 bits per heavy atom. The number of nitrogens with zero attached hydrogens (tertiary/aromatic N) is 4. The Labute approximate surface area is 138 Å². The average molecular weight is 317 g/mol. The predicted octanol–water partition coefficient (Wildman–Crippen LogP) is 2.55.